The Hall–Kier alpha value is -2.46. The van der Waals surface area contributed by atoms with Gasteiger partial charge in [0.05, 0.1) is 12.1 Å². The minimum Gasteiger partial charge on any atom is -0.479 e. The molecule has 1 amide bonds. The molecule has 0 aliphatic carbocycles. The number of benzene rings is 1. The number of hydrogen-bond acceptors (Lipinski definition) is 5. The summed E-state index contributed by atoms with van der Waals surface area (Å²) in [7, 11) is 1.19. The van der Waals surface area contributed by atoms with E-state index in [-0.39, 0.29) is 22.8 Å². The Morgan fingerprint density at radius 1 is 1.40 bits per heavy atom. The topological polar surface area (TPSA) is 88.5 Å². The molecule has 1 unspecified atom stereocenters. The maximum absolute atomic E-state index is 12.8. The van der Waals surface area contributed by atoms with Gasteiger partial charge in [0, 0.05) is 18.1 Å². The van der Waals surface area contributed by atoms with Gasteiger partial charge < -0.3 is 15.2 Å². The van der Waals surface area contributed by atoms with Gasteiger partial charge in [0.2, 0.25) is 0 Å². The van der Waals surface area contributed by atoms with Crippen LogP contribution in [0.25, 0.3) is 10.6 Å². The van der Waals surface area contributed by atoms with Crippen molar-refractivity contribution in [1.29, 1.82) is 0 Å². The SMILES string of the molecule is COC(CNC(=O)c1csc(-c2cccc(C(F)(F)F)c2)n1)C(=O)O. The Bertz CT molecular complexity index is 776. The Labute approximate surface area is 144 Å². The normalized spacial score (nSPS) is 12.6. The first-order chi connectivity index (χ1) is 11.7. The van der Waals surface area contributed by atoms with Crippen molar-refractivity contribution in [2.75, 3.05) is 13.7 Å². The lowest BCUT2D eigenvalue weighted by molar-refractivity contribution is -0.148. The summed E-state index contributed by atoms with van der Waals surface area (Å²) in [6.45, 7) is -0.263. The molecule has 0 saturated carbocycles. The number of nitrogens with one attached hydrogen (secondary N) is 1. The molecule has 0 aliphatic heterocycles. The van der Waals surface area contributed by atoms with Gasteiger partial charge in [0.1, 0.15) is 10.7 Å². The van der Waals surface area contributed by atoms with Crippen molar-refractivity contribution >= 4 is 23.2 Å². The van der Waals surface area contributed by atoms with E-state index in [0.717, 1.165) is 23.5 Å². The summed E-state index contributed by atoms with van der Waals surface area (Å²) >= 11 is 1.01. The number of carbonyl (C=O) groups is 2. The minimum absolute atomic E-state index is 0.0161. The van der Waals surface area contributed by atoms with Crippen LogP contribution in [-0.2, 0) is 15.7 Å². The number of nitrogens with zero attached hydrogens (tertiary/aromatic N) is 1. The second kappa shape index (κ2) is 7.62. The van der Waals surface area contributed by atoms with Crippen molar-refractivity contribution < 1.29 is 32.6 Å². The van der Waals surface area contributed by atoms with Crippen molar-refractivity contribution in [3.8, 4) is 10.6 Å². The molecule has 134 valence electrons. The van der Waals surface area contributed by atoms with Crippen molar-refractivity contribution in [3.63, 3.8) is 0 Å². The van der Waals surface area contributed by atoms with E-state index in [1.807, 2.05) is 0 Å². The number of carboxylic acid groups (broad SMARTS) is 1. The number of ether oxygens (including phenoxy) is 1. The molecule has 6 nitrogen and oxygen atoms in total. The van der Waals surface area contributed by atoms with Gasteiger partial charge in [-0.05, 0) is 12.1 Å². The van der Waals surface area contributed by atoms with E-state index in [4.69, 9.17) is 5.11 Å². The predicted molar refractivity (Wildman–Crippen MR) is 83.3 cm³/mol. The standard InChI is InChI=1S/C15H13F3N2O4S/c1-24-11(14(22)23)6-19-12(21)10-7-25-13(20-10)8-3-2-4-9(5-8)15(16,17)18/h2-5,7,11H,6H2,1H3,(H,19,21)(H,22,23). The fourth-order valence-electron chi connectivity index (χ4n) is 1.89. The Morgan fingerprint density at radius 2 is 2.12 bits per heavy atom. The molecule has 1 aromatic heterocycles. The fourth-order valence-corrected chi connectivity index (χ4v) is 2.68. The smallest absolute Gasteiger partial charge is 0.416 e. The number of carboxylic acids is 1. The van der Waals surface area contributed by atoms with Gasteiger partial charge in [0.15, 0.2) is 6.10 Å². The number of rotatable bonds is 6. The lowest BCUT2D eigenvalue weighted by atomic mass is 10.1. The second-order valence-electron chi connectivity index (χ2n) is 4.89. The van der Waals surface area contributed by atoms with Gasteiger partial charge in [-0.3, -0.25) is 4.79 Å². The summed E-state index contributed by atoms with van der Waals surface area (Å²) in [5.74, 6) is -1.87. The highest BCUT2D eigenvalue weighted by Gasteiger charge is 2.30. The second-order valence-corrected chi connectivity index (χ2v) is 5.75. The van der Waals surface area contributed by atoms with E-state index in [1.54, 1.807) is 0 Å². The third kappa shape index (κ3) is 4.77. The molecule has 0 aliphatic rings. The molecule has 0 bridgehead atoms. The van der Waals surface area contributed by atoms with Gasteiger partial charge in [-0.2, -0.15) is 13.2 Å². The predicted octanol–water partition coefficient (Wildman–Crippen LogP) is 2.66. The van der Waals surface area contributed by atoms with Crippen LogP contribution < -0.4 is 5.32 Å². The summed E-state index contributed by atoms with van der Waals surface area (Å²) < 4.78 is 42.9. The molecular formula is C15H13F3N2O4S. The first-order valence-corrected chi connectivity index (χ1v) is 7.77. The molecule has 1 atom stereocenters. The highest BCUT2D eigenvalue weighted by atomic mass is 32.1. The van der Waals surface area contributed by atoms with Crippen LogP contribution in [0.4, 0.5) is 13.2 Å². The molecule has 0 saturated heterocycles. The molecule has 1 aromatic carbocycles. The van der Waals surface area contributed by atoms with E-state index in [2.05, 4.69) is 15.0 Å². The van der Waals surface area contributed by atoms with Crippen LogP contribution in [0, 0.1) is 0 Å². The monoisotopic (exact) mass is 374 g/mol. The lowest BCUT2D eigenvalue weighted by Gasteiger charge is -2.10. The Morgan fingerprint density at radius 3 is 2.72 bits per heavy atom. The average Bonchev–Trinajstić information content (AvgIpc) is 3.04. The van der Waals surface area contributed by atoms with E-state index in [0.29, 0.717) is 0 Å². The number of methoxy groups -OCH3 is 1. The van der Waals surface area contributed by atoms with Crippen LogP contribution in [0.5, 0.6) is 0 Å². The molecule has 2 aromatic rings. The molecule has 0 radical (unpaired) electrons. The van der Waals surface area contributed by atoms with Crippen LogP contribution in [0.15, 0.2) is 29.6 Å². The van der Waals surface area contributed by atoms with E-state index in [9.17, 15) is 22.8 Å². The number of alkyl halides is 3. The molecule has 25 heavy (non-hydrogen) atoms. The minimum atomic E-state index is -4.47. The largest absolute Gasteiger partial charge is 0.479 e. The quantitative estimate of drug-likeness (QED) is 0.812. The van der Waals surface area contributed by atoms with Crippen molar-refractivity contribution in [2.45, 2.75) is 12.3 Å². The fraction of sp³-hybridized carbons (Fsp3) is 0.267. The lowest BCUT2D eigenvalue weighted by Crippen LogP contribution is -2.37. The number of amides is 1. The number of aromatic nitrogens is 1. The molecule has 0 fully saturated rings. The van der Waals surface area contributed by atoms with E-state index in [1.165, 1.54) is 24.6 Å². The van der Waals surface area contributed by atoms with Crippen LogP contribution in [0.3, 0.4) is 0 Å². The third-order valence-electron chi connectivity index (χ3n) is 3.18. The van der Waals surface area contributed by atoms with Crippen LogP contribution in [-0.4, -0.2) is 41.7 Å². The highest BCUT2D eigenvalue weighted by Crippen LogP contribution is 2.33. The summed E-state index contributed by atoms with van der Waals surface area (Å²) in [4.78, 5) is 26.8. The maximum Gasteiger partial charge on any atom is 0.416 e. The summed E-state index contributed by atoms with van der Waals surface area (Å²) in [6, 6.07) is 4.61. The van der Waals surface area contributed by atoms with Gasteiger partial charge in [0.25, 0.3) is 5.91 Å². The van der Waals surface area contributed by atoms with Crippen molar-refractivity contribution in [3.05, 3.63) is 40.9 Å². The zero-order valence-corrected chi connectivity index (χ0v) is 13.6. The van der Waals surface area contributed by atoms with Crippen molar-refractivity contribution in [2.24, 2.45) is 0 Å². The molecule has 2 N–H and O–H groups in total. The average molecular weight is 374 g/mol. The van der Waals surface area contributed by atoms with Crippen LogP contribution in [0.2, 0.25) is 0 Å². The zero-order chi connectivity index (χ0) is 18.6. The Kier molecular flexibility index (Phi) is 5.75. The maximum atomic E-state index is 12.8. The van der Waals surface area contributed by atoms with Gasteiger partial charge in [-0.25, -0.2) is 9.78 Å². The van der Waals surface area contributed by atoms with Crippen LogP contribution in [0.1, 0.15) is 16.1 Å². The highest BCUT2D eigenvalue weighted by molar-refractivity contribution is 7.13. The molecule has 2 rings (SSSR count). The molecule has 10 heteroatoms. The Balaban J connectivity index is 2.12. The van der Waals surface area contributed by atoms with Crippen LogP contribution >= 0.6 is 11.3 Å². The van der Waals surface area contributed by atoms with Crippen molar-refractivity contribution in [1.82, 2.24) is 10.3 Å². The number of thiazole rings is 1. The van der Waals surface area contributed by atoms with Gasteiger partial charge >= 0.3 is 12.1 Å². The first-order valence-electron chi connectivity index (χ1n) is 6.89. The number of aliphatic carboxylic acids is 1. The summed E-state index contributed by atoms with van der Waals surface area (Å²) in [5, 5.41) is 12.8. The third-order valence-corrected chi connectivity index (χ3v) is 4.07. The first kappa shape index (κ1) is 18.9. The van der Waals surface area contributed by atoms with E-state index >= 15 is 0 Å². The van der Waals surface area contributed by atoms with E-state index < -0.39 is 29.7 Å². The zero-order valence-electron chi connectivity index (χ0n) is 12.8. The van der Waals surface area contributed by atoms with Gasteiger partial charge in [-0.1, -0.05) is 12.1 Å². The summed E-state index contributed by atoms with van der Waals surface area (Å²) in [6.07, 6.45) is -5.68. The molecular weight excluding hydrogens is 361 g/mol. The van der Waals surface area contributed by atoms with Gasteiger partial charge in [-0.15, -0.1) is 11.3 Å². The number of carbonyl (C=O) groups excluding carboxylic acids is 1. The molecule has 0 spiro atoms. The summed E-state index contributed by atoms with van der Waals surface area (Å²) in [5.41, 5.74) is -0.590. The number of hydrogen-bond donors (Lipinski definition) is 2. The molecule has 1 heterocycles. The number of halogens is 3.